The van der Waals surface area contributed by atoms with Crippen LogP contribution in [0.15, 0.2) is 24.3 Å². The van der Waals surface area contributed by atoms with Crippen molar-refractivity contribution in [3.8, 4) is 0 Å². The van der Waals surface area contributed by atoms with Crippen molar-refractivity contribution >= 4 is 15.5 Å². The normalized spacial score (nSPS) is 11.7. The van der Waals surface area contributed by atoms with Crippen LogP contribution in [0.2, 0.25) is 0 Å². The highest BCUT2D eigenvalue weighted by Gasteiger charge is 2.16. The second kappa shape index (κ2) is 6.63. The smallest absolute Gasteiger partial charge is 0.273 e. The lowest BCUT2D eigenvalue weighted by molar-refractivity contribution is -0.385. The number of nitro benzene ring substituents is 1. The zero-order chi connectivity index (χ0) is 14.5. The van der Waals surface area contributed by atoms with Crippen molar-refractivity contribution in [3.63, 3.8) is 0 Å². The molecule has 0 aromatic heterocycles. The van der Waals surface area contributed by atoms with Gasteiger partial charge < -0.3 is 5.32 Å². The first-order valence-corrected chi connectivity index (χ1v) is 7.70. The van der Waals surface area contributed by atoms with E-state index in [-0.39, 0.29) is 24.5 Å². The summed E-state index contributed by atoms with van der Waals surface area (Å²) in [5.74, 6) is 0.0330. The molecular weight excluding hydrogens is 268 g/mol. The minimum absolute atomic E-state index is 0.0330. The summed E-state index contributed by atoms with van der Waals surface area (Å²) in [5.41, 5.74) is 0.594. The Labute approximate surface area is 112 Å². The molecule has 0 aliphatic heterocycles. The third-order valence-electron chi connectivity index (χ3n) is 2.79. The monoisotopic (exact) mass is 286 g/mol. The molecule has 0 amide bonds. The molecule has 1 rings (SSSR count). The topological polar surface area (TPSA) is 89.3 Å². The van der Waals surface area contributed by atoms with Gasteiger partial charge in [-0.25, -0.2) is 8.42 Å². The predicted octanol–water partition coefficient (Wildman–Crippen LogP) is 1.51. The van der Waals surface area contributed by atoms with Crippen LogP contribution in [0.25, 0.3) is 0 Å². The van der Waals surface area contributed by atoms with Gasteiger partial charge in [0.25, 0.3) is 5.69 Å². The molecule has 1 N–H and O–H groups in total. The SMILES string of the molecule is CC(C)S(=O)(=O)CCNCc1ccccc1[N+](=O)[O-]. The minimum Gasteiger partial charge on any atom is -0.311 e. The van der Waals surface area contributed by atoms with E-state index in [1.807, 2.05) is 0 Å². The van der Waals surface area contributed by atoms with Crippen molar-refractivity contribution in [1.29, 1.82) is 0 Å². The van der Waals surface area contributed by atoms with E-state index >= 15 is 0 Å². The van der Waals surface area contributed by atoms with Gasteiger partial charge in [0.15, 0.2) is 9.84 Å². The Bertz CT molecular complexity index is 540. The Morgan fingerprint density at radius 2 is 1.95 bits per heavy atom. The van der Waals surface area contributed by atoms with E-state index in [1.54, 1.807) is 32.0 Å². The van der Waals surface area contributed by atoms with E-state index in [4.69, 9.17) is 0 Å². The number of nitrogens with one attached hydrogen (secondary N) is 1. The molecule has 0 aliphatic rings. The van der Waals surface area contributed by atoms with Crippen LogP contribution in [0.1, 0.15) is 19.4 Å². The Balaban J connectivity index is 2.53. The van der Waals surface area contributed by atoms with E-state index in [0.29, 0.717) is 5.56 Å². The number of para-hydroxylation sites is 1. The van der Waals surface area contributed by atoms with Crippen molar-refractivity contribution in [2.24, 2.45) is 0 Å². The Hall–Kier alpha value is -1.47. The molecular formula is C12H18N2O4S. The Morgan fingerprint density at radius 3 is 2.53 bits per heavy atom. The third-order valence-corrected chi connectivity index (χ3v) is 4.99. The molecule has 0 aliphatic carbocycles. The zero-order valence-electron chi connectivity index (χ0n) is 11.0. The number of hydrogen-bond donors (Lipinski definition) is 1. The average Bonchev–Trinajstić information content (AvgIpc) is 2.34. The first kappa shape index (κ1) is 15.6. The number of sulfone groups is 1. The van der Waals surface area contributed by atoms with Gasteiger partial charge in [-0.05, 0) is 13.8 Å². The lowest BCUT2D eigenvalue weighted by Crippen LogP contribution is -2.27. The van der Waals surface area contributed by atoms with Gasteiger partial charge in [-0.2, -0.15) is 0 Å². The van der Waals surface area contributed by atoms with E-state index < -0.39 is 20.0 Å². The third kappa shape index (κ3) is 4.60. The van der Waals surface area contributed by atoms with Gasteiger partial charge in [0.2, 0.25) is 0 Å². The highest BCUT2D eigenvalue weighted by Crippen LogP contribution is 2.16. The summed E-state index contributed by atoms with van der Waals surface area (Å²) in [4.78, 5) is 10.3. The number of rotatable bonds is 7. The molecule has 7 heteroatoms. The van der Waals surface area contributed by atoms with Crippen LogP contribution in [0.4, 0.5) is 5.69 Å². The van der Waals surface area contributed by atoms with E-state index in [9.17, 15) is 18.5 Å². The second-order valence-electron chi connectivity index (χ2n) is 4.48. The predicted molar refractivity (Wildman–Crippen MR) is 73.7 cm³/mol. The van der Waals surface area contributed by atoms with Crippen molar-refractivity contribution < 1.29 is 13.3 Å². The summed E-state index contributed by atoms with van der Waals surface area (Å²) < 4.78 is 23.1. The Morgan fingerprint density at radius 1 is 1.32 bits per heavy atom. The molecule has 0 heterocycles. The summed E-state index contributed by atoms with van der Waals surface area (Å²) in [7, 11) is -3.08. The zero-order valence-corrected chi connectivity index (χ0v) is 11.8. The fourth-order valence-corrected chi connectivity index (χ4v) is 2.41. The maximum atomic E-state index is 11.6. The van der Waals surface area contributed by atoms with Gasteiger partial charge in [0.05, 0.1) is 15.9 Å². The molecule has 0 bridgehead atoms. The van der Waals surface area contributed by atoms with Crippen LogP contribution in [0.5, 0.6) is 0 Å². The summed E-state index contributed by atoms with van der Waals surface area (Å²) >= 11 is 0. The first-order chi connectivity index (χ1) is 8.84. The molecule has 106 valence electrons. The van der Waals surface area contributed by atoms with Gasteiger partial charge in [-0.1, -0.05) is 18.2 Å². The molecule has 0 fully saturated rings. The molecule has 0 unspecified atom stereocenters. The van der Waals surface area contributed by atoms with E-state index in [2.05, 4.69) is 5.32 Å². The summed E-state index contributed by atoms with van der Waals surface area (Å²) in [6.45, 7) is 3.84. The summed E-state index contributed by atoms with van der Waals surface area (Å²) in [6.07, 6.45) is 0. The fourth-order valence-electron chi connectivity index (χ4n) is 1.51. The van der Waals surface area contributed by atoms with Crippen LogP contribution in [0, 0.1) is 10.1 Å². The highest BCUT2D eigenvalue weighted by molar-refractivity contribution is 7.92. The standard InChI is InChI=1S/C12H18N2O4S/c1-10(2)19(17,18)8-7-13-9-11-5-3-4-6-12(11)14(15)16/h3-6,10,13H,7-9H2,1-2H3. The molecule has 0 atom stereocenters. The summed E-state index contributed by atoms with van der Waals surface area (Å²) in [5, 5.41) is 13.3. The van der Waals surface area contributed by atoms with Gasteiger partial charge in [0.1, 0.15) is 0 Å². The molecule has 0 saturated carbocycles. The van der Waals surface area contributed by atoms with Crippen molar-refractivity contribution in [3.05, 3.63) is 39.9 Å². The first-order valence-electron chi connectivity index (χ1n) is 5.99. The van der Waals surface area contributed by atoms with Crippen molar-refractivity contribution in [1.82, 2.24) is 5.32 Å². The lowest BCUT2D eigenvalue weighted by Gasteiger charge is -2.08. The van der Waals surface area contributed by atoms with Crippen molar-refractivity contribution in [2.75, 3.05) is 12.3 Å². The molecule has 0 radical (unpaired) electrons. The van der Waals surface area contributed by atoms with Gasteiger partial charge >= 0.3 is 0 Å². The molecule has 19 heavy (non-hydrogen) atoms. The fraction of sp³-hybridized carbons (Fsp3) is 0.500. The Kier molecular flexibility index (Phi) is 5.44. The van der Waals surface area contributed by atoms with E-state index in [0.717, 1.165) is 0 Å². The number of benzene rings is 1. The number of nitro groups is 1. The maximum absolute atomic E-state index is 11.6. The number of hydrogen-bond acceptors (Lipinski definition) is 5. The number of nitrogens with zero attached hydrogens (tertiary/aromatic N) is 1. The highest BCUT2D eigenvalue weighted by atomic mass is 32.2. The largest absolute Gasteiger partial charge is 0.311 e. The molecule has 1 aromatic carbocycles. The second-order valence-corrected chi connectivity index (χ2v) is 7.16. The van der Waals surface area contributed by atoms with Crippen LogP contribution in [-0.2, 0) is 16.4 Å². The van der Waals surface area contributed by atoms with Crippen molar-refractivity contribution in [2.45, 2.75) is 25.6 Å². The summed E-state index contributed by atoms with van der Waals surface area (Å²) in [6, 6.07) is 6.41. The average molecular weight is 286 g/mol. The van der Waals surface area contributed by atoms with Crippen LogP contribution >= 0.6 is 0 Å². The molecule has 1 aromatic rings. The van der Waals surface area contributed by atoms with Gasteiger partial charge in [0, 0.05) is 24.7 Å². The van der Waals surface area contributed by atoms with Gasteiger partial charge in [-0.15, -0.1) is 0 Å². The minimum atomic E-state index is -3.08. The van der Waals surface area contributed by atoms with Gasteiger partial charge in [-0.3, -0.25) is 10.1 Å². The van der Waals surface area contributed by atoms with Crippen LogP contribution < -0.4 is 5.32 Å². The molecule has 0 spiro atoms. The van der Waals surface area contributed by atoms with Crippen LogP contribution in [0.3, 0.4) is 0 Å². The van der Waals surface area contributed by atoms with E-state index in [1.165, 1.54) is 6.07 Å². The molecule has 6 nitrogen and oxygen atoms in total. The molecule has 0 saturated heterocycles. The quantitative estimate of drug-likeness (QED) is 0.466. The lowest BCUT2D eigenvalue weighted by atomic mass is 10.2. The van der Waals surface area contributed by atoms with Crippen LogP contribution in [-0.4, -0.2) is 30.9 Å². The maximum Gasteiger partial charge on any atom is 0.273 e.